The Morgan fingerprint density at radius 2 is 0.697 bits per heavy atom. The van der Waals surface area contributed by atoms with E-state index >= 15 is 0 Å². The maximum Gasteiger partial charge on any atom is 0.0717 e. The topological polar surface area (TPSA) is 18.5 Å². The Morgan fingerprint density at radius 3 is 1.03 bits per heavy atom. The van der Waals surface area contributed by atoms with Gasteiger partial charge in [-0.1, -0.05) is 121 Å². The fourth-order valence-corrected chi connectivity index (χ4v) is 4.29. The molecule has 4 aromatic rings. The normalized spacial score (nSPS) is 11.4. The van der Waals surface area contributed by atoms with E-state index in [9.17, 15) is 0 Å². The number of benzene rings is 4. The molecule has 168 valence electrons. The zero-order chi connectivity index (χ0) is 22.6. The Morgan fingerprint density at radius 1 is 0.394 bits per heavy atom. The van der Waals surface area contributed by atoms with Crippen molar-refractivity contribution in [1.82, 2.24) is 0 Å². The van der Waals surface area contributed by atoms with E-state index in [1.165, 1.54) is 22.3 Å². The highest BCUT2D eigenvalue weighted by atomic mass is 16.5. The highest BCUT2D eigenvalue weighted by molar-refractivity contribution is 5.21. The zero-order valence-corrected chi connectivity index (χ0v) is 19.1. The maximum atomic E-state index is 6.35. The molecule has 0 saturated carbocycles. The molecule has 2 nitrogen and oxygen atoms in total. The second-order valence-corrected chi connectivity index (χ2v) is 8.78. The molecule has 2 heteroatoms. The van der Waals surface area contributed by atoms with Gasteiger partial charge in [-0.15, -0.1) is 0 Å². The summed E-state index contributed by atoms with van der Waals surface area (Å²) in [6.07, 6.45) is 1.79. The minimum Gasteiger partial charge on any atom is -0.376 e. The molecule has 0 heterocycles. The molecule has 0 aliphatic carbocycles. The molecule has 33 heavy (non-hydrogen) atoms. The van der Waals surface area contributed by atoms with Crippen LogP contribution in [0.5, 0.6) is 0 Å². The van der Waals surface area contributed by atoms with Gasteiger partial charge in [-0.2, -0.15) is 0 Å². The molecule has 0 spiro atoms. The van der Waals surface area contributed by atoms with E-state index in [1.54, 1.807) is 0 Å². The van der Waals surface area contributed by atoms with Crippen LogP contribution in [0.4, 0.5) is 0 Å². The molecule has 0 aliphatic heterocycles. The summed E-state index contributed by atoms with van der Waals surface area (Å²) in [6, 6.07) is 42.1. The highest BCUT2D eigenvalue weighted by Crippen LogP contribution is 2.30. The maximum absolute atomic E-state index is 6.35. The van der Waals surface area contributed by atoms with Gasteiger partial charge in [0, 0.05) is 5.41 Å². The molecule has 0 bridgehead atoms. The number of ether oxygens (including phenoxy) is 2. The predicted molar refractivity (Wildman–Crippen MR) is 135 cm³/mol. The third-order valence-electron chi connectivity index (χ3n) is 5.88. The van der Waals surface area contributed by atoms with E-state index in [4.69, 9.17) is 9.47 Å². The summed E-state index contributed by atoms with van der Waals surface area (Å²) in [6.45, 7) is 2.46. The molecular formula is C31H32O2. The first-order chi connectivity index (χ1) is 16.3. The van der Waals surface area contributed by atoms with Crippen LogP contribution < -0.4 is 0 Å². The van der Waals surface area contributed by atoms with Crippen molar-refractivity contribution < 1.29 is 9.47 Å². The van der Waals surface area contributed by atoms with E-state index in [2.05, 4.69) is 109 Å². The molecule has 0 atom stereocenters. The monoisotopic (exact) mass is 436 g/mol. The van der Waals surface area contributed by atoms with Gasteiger partial charge in [0.05, 0.1) is 26.4 Å². The van der Waals surface area contributed by atoms with Gasteiger partial charge in [-0.3, -0.25) is 0 Å². The lowest BCUT2D eigenvalue weighted by atomic mass is 9.77. The van der Waals surface area contributed by atoms with E-state index < -0.39 is 0 Å². The van der Waals surface area contributed by atoms with Gasteiger partial charge in [0.1, 0.15) is 0 Å². The van der Waals surface area contributed by atoms with Crippen molar-refractivity contribution in [2.75, 3.05) is 13.2 Å². The molecule has 0 N–H and O–H groups in total. The summed E-state index contributed by atoms with van der Waals surface area (Å²) in [4.78, 5) is 0. The lowest BCUT2D eigenvalue weighted by Crippen LogP contribution is -2.37. The van der Waals surface area contributed by atoms with Gasteiger partial charge in [-0.05, 0) is 35.1 Å². The van der Waals surface area contributed by atoms with E-state index in [-0.39, 0.29) is 5.41 Å². The summed E-state index contributed by atoms with van der Waals surface area (Å²) < 4.78 is 12.7. The Balaban J connectivity index is 1.54. The van der Waals surface area contributed by atoms with Crippen LogP contribution in [0.25, 0.3) is 0 Å². The standard InChI is InChI=1S/C31H32O2/c1-5-13-27(14-6-1)21-31(22-28-15-7-2-8-16-28,25-32-23-29-17-9-3-10-18-29)26-33-24-30-19-11-4-12-20-30/h1-20H,21-26H2. The van der Waals surface area contributed by atoms with Crippen molar-refractivity contribution in [3.63, 3.8) is 0 Å². The van der Waals surface area contributed by atoms with Crippen LogP contribution in [-0.2, 0) is 35.5 Å². The van der Waals surface area contributed by atoms with Crippen molar-refractivity contribution in [2.45, 2.75) is 26.1 Å². The van der Waals surface area contributed by atoms with Crippen molar-refractivity contribution >= 4 is 0 Å². The minimum absolute atomic E-state index is 0.174. The van der Waals surface area contributed by atoms with Crippen molar-refractivity contribution in [1.29, 1.82) is 0 Å². The number of rotatable bonds is 12. The van der Waals surface area contributed by atoms with Crippen LogP contribution in [-0.4, -0.2) is 13.2 Å². The van der Waals surface area contributed by atoms with Crippen molar-refractivity contribution in [3.8, 4) is 0 Å². The fraction of sp³-hybridized carbons (Fsp3) is 0.226. The van der Waals surface area contributed by atoms with Crippen LogP contribution in [0.2, 0.25) is 0 Å². The Bertz CT molecular complexity index is 958. The third kappa shape index (κ3) is 7.42. The van der Waals surface area contributed by atoms with Crippen molar-refractivity contribution in [3.05, 3.63) is 144 Å². The first-order valence-corrected chi connectivity index (χ1v) is 11.6. The first-order valence-electron chi connectivity index (χ1n) is 11.6. The van der Waals surface area contributed by atoms with Gasteiger partial charge in [-0.25, -0.2) is 0 Å². The van der Waals surface area contributed by atoms with Crippen LogP contribution in [0.1, 0.15) is 22.3 Å². The summed E-state index contributed by atoms with van der Waals surface area (Å²) in [5.41, 5.74) is 4.82. The molecule has 0 amide bonds. The Kier molecular flexibility index (Phi) is 8.46. The molecule has 0 fully saturated rings. The van der Waals surface area contributed by atoms with Gasteiger partial charge < -0.3 is 9.47 Å². The molecule has 0 radical (unpaired) electrons. The van der Waals surface area contributed by atoms with Crippen LogP contribution in [0.15, 0.2) is 121 Å². The average Bonchev–Trinajstić information content (AvgIpc) is 2.87. The molecule has 0 aromatic heterocycles. The fourth-order valence-electron chi connectivity index (χ4n) is 4.29. The smallest absolute Gasteiger partial charge is 0.0717 e. The predicted octanol–water partition coefficient (Wildman–Crippen LogP) is 6.89. The summed E-state index contributed by atoms with van der Waals surface area (Å²) >= 11 is 0. The largest absolute Gasteiger partial charge is 0.376 e. The quantitative estimate of drug-likeness (QED) is 0.241. The lowest BCUT2D eigenvalue weighted by molar-refractivity contribution is -0.0331. The SMILES string of the molecule is c1ccc(COCC(COCc2ccccc2)(Cc2ccccc2)Cc2ccccc2)cc1. The Labute approximate surface area is 197 Å². The average molecular weight is 437 g/mol. The highest BCUT2D eigenvalue weighted by Gasteiger charge is 2.32. The van der Waals surface area contributed by atoms with Crippen LogP contribution in [0.3, 0.4) is 0 Å². The van der Waals surface area contributed by atoms with E-state index in [1.807, 2.05) is 12.1 Å². The second-order valence-electron chi connectivity index (χ2n) is 8.78. The summed E-state index contributed by atoms with van der Waals surface area (Å²) in [5, 5.41) is 0. The van der Waals surface area contributed by atoms with Gasteiger partial charge >= 0.3 is 0 Å². The third-order valence-corrected chi connectivity index (χ3v) is 5.88. The summed E-state index contributed by atoms with van der Waals surface area (Å²) in [7, 11) is 0. The minimum atomic E-state index is -0.174. The van der Waals surface area contributed by atoms with E-state index in [0.29, 0.717) is 26.4 Å². The number of hydrogen-bond donors (Lipinski definition) is 0. The van der Waals surface area contributed by atoms with Crippen LogP contribution >= 0.6 is 0 Å². The Hall–Kier alpha value is -3.20. The van der Waals surface area contributed by atoms with E-state index in [0.717, 1.165) is 12.8 Å². The molecule has 4 rings (SSSR count). The van der Waals surface area contributed by atoms with Gasteiger partial charge in [0.15, 0.2) is 0 Å². The molecular weight excluding hydrogens is 404 g/mol. The first kappa shape index (κ1) is 23.0. The van der Waals surface area contributed by atoms with Gasteiger partial charge in [0.25, 0.3) is 0 Å². The number of hydrogen-bond acceptors (Lipinski definition) is 2. The van der Waals surface area contributed by atoms with Gasteiger partial charge in [0.2, 0.25) is 0 Å². The zero-order valence-electron chi connectivity index (χ0n) is 19.1. The molecule has 4 aromatic carbocycles. The molecule has 0 unspecified atom stereocenters. The second kappa shape index (κ2) is 12.2. The summed E-state index contributed by atoms with van der Waals surface area (Å²) in [5.74, 6) is 0. The van der Waals surface area contributed by atoms with Crippen molar-refractivity contribution in [2.24, 2.45) is 5.41 Å². The lowest BCUT2D eigenvalue weighted by Gasteiger charge is -2.34. The molecule has 0 aliphatic rings. The van der Waals surface area contributed by atoms with Crippen LogP contribution in [0, 0.1) is 5.41 Å². The molecule has 0 saturated heterocycles.